The van der Waals surface area contributed by atoms with Crippen molar-refractivity contribution in [2.45, 2.75) is 13.8 Å². The van der Waals surface area contributed by atoms with Crippen LogP contribution in [0.4, 0.5) is 0 Å². The van der Waals surface area contributed by atoms with Crippen LogP contribution >= 0.6 is 11.3 Å². The molecule has 0 aliphatic rings. The first kappa shape index (κ1) is 6.31. The van der Waals surface area contributed by atoms with Crippen molar-refractivity contribution < 1.29 is 0 Å². The van der Waals surface area contributed by atoms with E-state index in [4.69, 9.17) is 5.26 Å². The van der Waals surface area contributed by atoms with E-state index >= 15 is 0 Å². The summed E-state index contributed by atoms with van der Waals surface area (Å²) < 4.78 is 0. The number of nitriles is 1. The lowest BCUT2D eigenvalue weighted by Gasteiger charge is -1.79. The summed E-state index contributed by atoms with van der Waals surface area (Å²) in [6, 6.07) is 4.02. The zero-order valence-electron chi connectivity index (χ0n) is 5.43. The lowest BCUT2D eigenvalue weighted by molar-refractivity contribution is 1.44. The molecule has 1 heterocycles. The fraction of sp³-hybridized carbons (Fsp3) is 0.286. The van der Waals surface area contributed by atoms with Crippen LogP contribution in [0.15, 0.2) is 6.07 Å². The largest absolute Gasteiger partial charge is 0.192 e. The van der Waals surface area contributed by atoms with Gasteiger partial charge in [-0.05, 0) is 25.5 Å². The highest BCUT2D eigenvalue weighted by atomic mass is 32.1. The predicted molar refractivity (Wildman–Crippen MR) is 38.5 cm³/mol. The van der Waals surface area contributed by atoms with Crippen LogP contribution in [-0.4, -0.2) is 0 Å². The molecule has 1 aromatic heterocycles. The Kier molecular flexibility index (Phi) is 1.54. The Hall–Kier alpha value is -0.810. The van der Waals surface area contributed by atoms with Gasteiger partial charge in [0.15, 0.2) is 0 Å². The molecule has 0 aromatic carbocycles. The minimum absolute atomic E-state index is 0.810. The van der Waals surface area contributed by atoms with E-state index in [0.29, 0.717) is 0 Å². The lowest BCUT2D eigenvalue weighted by atomic mass is 10.3. The van der Waals surface area contributed by atoms with Gasteiger partial charge >= 0.3 is 0 Å². The highest BCUT2D eigenvalue weighted by Gasteiger charge is 1.97. The standard InChI is InChI=1S/C7H7NS/c1-5-3-7(4-8)9-6(5)2/h3H,1-2H3. The van der Waals surface area contributed by atoms with Gasteiger partial charge in [0.2, 0.25) is 0 Å². The molecule has 1 aromatic rings. The minimum Gasteiger partial charge on any atom is -0.192 e. The summed E-state index contributed by atoms with van der Waals surface area (Å²) in [7, 11) is 0. The summed E-state index contributed by atoms with van der Waals surface area (Å²) in [4.78, 5) is 2.05. The highest BCUT2D eigenvalue weighted by molar-refractivity contribution is 7.12. The van der Waals surface area contributed by atoms with Gasteiger partial charge in [-0.1, -0.05) is 0 Å². The van der Waals surface area contributed by atoms with Crippen molar-refractivity contribution in [3.05, 3.63) is 21.4 Å². The molecule has 9 heavy (non-hydrogen) atoms. The normalized spacial score (nSPS) is 9.00. The second-order valence-electron chi connectivity index (χ2n) is 1.96. The van der Waals surface area contributed by atoms with Crippen LogP contribution in [0.2, 0.25) is 0 Å². The van der Waals surface area contributed by atoms with E-state index in [2.05, 4.69) is 6.07 Å². The average Bonchev–Trinajstić information content (AvgIpc) is 2.13. The third kappa shape index (κ3) is 1.11. The Bertz CT molecular complexity index is 235. The van der Waals surface area contributed by atoms with Gasteiger partial charge in [-0.2, -0.15) is 5.26 Å². The molecule has 46 valence electrons. The molecule has 0 saturated heterocycles. The lowest BCUT2D eigenvalue weighted by Crippen LogP contribution is -1.62. The molecule has 0 unspecified atom stereocenters. The maximum Gasteiger partial charge on any atom is 0.110 e. The molecule has 0 bridgehead atoms. The van der Waals surface area contributed by atoms with Crippen LogP contribution in [0.3, 0.4) is 0 Å². The summed E-state index contributed by atoms with van der Waals surface area (Å²) in [5, 5.41) is 8.44. The molecule has 1 rings (SSSR count). The van der Waals surface area contributed by atoms with Crippen molar-refractivity contribution in [1.29, 1.82) is 5.26 Å². The zero-order valence-corrected chi connectivity index (χ0v) is 6.25. The van der Waals surface area contributed by atoms with Crippen LogP contribution in [0.1, 0.15) is 15.3 Å². The Balaban J connectivity index is 3.16. The topological polar surface area (TPSA) is 23.8 Å². The van der Waals surface area contributed by atoms with Crippen LogP contribution < -0.4 is 0 Å². The van der Waals surface area contributed by atoms with E-state index in [9.17, 15) is 0 Å². The van der Waals surface area contributed by atoms with Crippen molar-refractivity contribution in [2.75, 3.05) is 0 Å². The third-order valence-corrected chi connectivity index (χ3v) is 2.33. The summed E-state index contributed by atoms with van der Waals surface area (Å²) in [6.07, 6.45) is 0. The fourth-order valence-electron chi connectivity index (χ4n) is 0.628. The Morgan fingerprint density at radius 3 is 2.44 bits per heavy atom. The summed E-state index contributed by atoms with van der Waals surface area (Å²) in [5.74, 6) is 0. The molecule has 0 saturated carbocycles. The van der Waals surface area contributed by atoms with Crippen LogP contribution in [-0.2, 0) is 0 Å². The van der Waals surface area contributed by atoms with E-state index in [1.807, 2.05) is 19.9 Å². The summed E-state index contributed by atoms with van der Waals surface area (Å²) in [5.41, 5.74) is 1.22. The van der Waals surface area contributed by atoms with E-state index < -0.39 is 0 Å². The maximum atomic E-state index is 8.44. The number of aryl methyl sites for hydroxylation is 2. The molecular weight excluding hydrogens is 130 g/mol. The zero-order chi connectivity index (χ0) is 6.85. The summed E-state index contributed by atoms with van der Waals surface area (Å²) >= 11 is 1.55. The Morgan fingerprint density at radius 1 is 1.56 bits per heavy atom. The van der Waals surface area contributed by atoms with Crippen LogP contribution in [0, 0.1) is 25.2 Å². The first-order chi connectivity index (χ1) is 4.24. The molecule has 0 aliphatic carbocycles. The fourth-order valence-corrected chi connectivity index (χ4v) is 1.46. The number of nitrogens with zero attached hydrogens (tertiary/aromatic N) is 1. The Morgan fingerprint density at radius 2 is 2.22 bits per heavy atom. The number of hydrogen-bond donors (Lipinski definition) is 0. The van der Waals surface area contributed by atoms with E-state index in [-0.39, 0.29) is 0 Å². The monoisotopic (exact) mass is 137 g/mol. The van der Waals surface area contributed by atoms with Gasteiger partial charge in [-0.25, -0.2) is 0 Å². The third-order valence-electron chi connectivity index (χ3n) is 1.28. The molecule has 0 N–H and O–H groups in total. The SMILES string of the molecule is Cc1cc(C#N)sc1C. The number of thiophene rings is 1. The highest BCUT2D eigenvalue weighted by Crippen LogP contribution is 2.18. The van der Waals surface area contributed by atoms with Crippen molar-refractivity contribution in [3.63, 3.8) is 0 Å². The first-order valence-electron chi connectivity index (χ1n) is 2.71. The van der Waals surface area contributed by atoms with Gasteiger partial charge in [-0.15, -0.1) is 11.3 Å². The molecular formula is C7H7NS. The number of hydrogen-bond acceptors (Lipinski definition) is 2. The second-order valence-corrected chi connectivity index (χ2v) is 3.22. The van der Waals surface area contributed by atoms with Crippen LogP contribution in [0.25, 0.3) is 0 Å². The molecule has 0 radical (unpaired) electrons. The molecule has 0 amide bonds. The first-order valence-corrected chi connectivity index (χ1v) is 3.53. The van der Waals surface area contributed by atoms with Gasteiger partial charge in [0.05, 0.1) is 0 Å². The average molecular weight is 137 g/mol. The van der Waals surface area contributed by atoms with E-state index in [0.717, 1.165) is 4.88 Å². The smallest absolute Gasteiger partial charge is 0.110 e. The van der Waals surface area contributed by atoms with E-state index in [1.165, 1.54) is 10.4 Å². The van der Waals surface area contributed by atoms with Crippen molar-refractivity contribution in [3.8, 4) is 6.07 Å². The molecule has 1 nitrogen and oxygen atoms in total. The predicted octanol–water partition coefficient (Wildman–Crippen LogP) is 2.24. The Labute approximate surface area is 58.6 Å². The van der Waals surface area contributed by atoms with Crippen LogP contribution in [0.5, 0.6) is 0 Å². The quantitative estimate of drug-likeness (QED) is 0.538. The van der Waals surface area contributed by atoms with Gasteiger partial charge in [-0.3, -0.25) is 0 Å². The molecule has 0 atom stereocenters. The molecule has 2 heteroatoms. The summed E-state index contributed by atoms with van der Waals surface area (Å²) in [6.45, 7) is 4.05. The minimum atomic E-state index is 0.810. The molecule has 0 fully saturated rings. The van der Waals surface area contributed by atoms with Gasteiger partial charge in [0.25, 0.3) is 0 Å². The van der Waals surface area contributed by atoms with Gasteiger partial charge in [0.1, 0.15) is 10.9 Å². The van der Waals surface area contributed by atoms with Gasteiger partial charge in [0, 0.05) is 4.88 Å². The van der Waals surface area contributed by atoms with Gasteiger partial charge < -0.3 is 0 Å². The molecule has 0 aliphatic heterocycles. The van der Waals surface area contributed by atoms with E-state index in [1.54, 1.807) is 11.3 Å². The van der Waals surface area contributed by atoms with Crippen molar-refractivity contribution >= 4 is 11.3 Å². The maximum absolute atomic E-state index is 8.44. The number of rotatable bonds is 0. The van der Waals surface area contributed by atoms with Crippen molar-refractivity contribution in [1.82, 2.24) is 0 Å². The second kappa shape index (κ2) is 2.20. The molecule has 0 spiro atoms. The van der Waals surface area contributed by atoms with Crippen molar-refractivity contribution in [2.24, 2.45) is 0 Å².